The number of nitrogens with zero attached hydrogens (tertiary/aromatic N) is 1. The van der Waals surface area contributed by atoms with Crippen LogP contribution in [0, 0.1) is 12.8 Å². The summed E-state index contributed by atoms with van der Waals surface area (Å²) < 4.78 is 0. The lowest BCUT2D eigenvalue weighted by Crippen LogP contribution is -2.39. The van der Waals surface area contributed by atoms with Crippen molar-refractivity contribution in [3.63, 3.8) is 0 Å². The minimum absolute atomic E-state index is 0.0242. The van der Waals surface area contributed by atoms with Crippen molar-refractivity contribution in [3.8, 4) is 0 Å². The lowest BCUT2D eigenvalue weighted by molar-refractivity contribution is -0.126. The van der Waals surface area contributed by atoms with Crippen LogP contribution in [0.1, 0.15) is 35.7 Å². The number of carbonyl (C=O) groups excluding carboxylic acids is 1. The molecule has 1 saturated heterocycles. The predicted molar refractivity (Wildman–Crippen MR) is 69.0 cm³/mol. The van der Waals surface area contributed by atoms with E-state index in [-0.39, 0.29) is 17.9 Å². The quantitative estimate of drug-likeness (QED) is 0.861. The van der Waals surface area contributed by atoms with Gasteiger partial charge < -0.3 is 10.6 Å². The summed E-state index contributed by atoms with van der Waals surface area (Å²) in [4.78, 5) is 17.5. The van der Waals surface area contributed by atoms with Crippen LogP contribution < -0.4 is 10.6 Å². The summed E-state index contributed by atoms with van der Waals surface area (Å²) in [6.45, 7) is 5.92. The number of hydrogen-bond acceptors (Lipinski definition) is 4. The molecule has 1 amide bonds. The van der Waals surface area contributed by atoms with Gasteiger partial charge in [0.25, 0.3) is 0 Å². The minimum Gasteiger partial charge on any atom is -0.347 e. The summed E-state index contributed by atoms with van der Waals surface area (Å²) in [5.74, 6) is 0.339. The van der Waals surface area contributed by atoms with Gasteiger partial charge in [-0.1, -0.05) is 0 Å². The van der Waals surface area contributed by atoms with E-state index in [1.807, 2.05) is 20.0 Å². The van der Waals surface area contributed by atoms with Gasteiger partial charge >= 0.3 is 0 Å². The van der Waals surface area contributed by atoms with Crippen LogP contribution in [0.25, 0.3) is 0 Å². The maximum absolute atomic E-state index is 12.0. The lowest BCUT2D eigenvalue weighted by Gasteiger charge is -2.23. The summed E-state index contributed by atoms with van der Waals surface area (Å²) in [7, 11) is 0. The minimum atomic E-state index is 0.0242. The number of hydrogen-bond donors (Lipinski definition) is 2. The maximum Gasteiger partial charge on any atom is 0.223 e. The first-order chi connectivity index (χ1) is 8.16. The highest BCUT2D eigenvalue weighted by Crippen LogP contribution is 2.20. The molecule has 0 aliphatic carbocycles. The molecule has 1 aromatic rings. The Balaban J connectivity index is 1.89. The van der Waals surface area contributed by atoms with E-state index in [0.717, 1.165) is 30.9 Å². The first-order valence-electron chi connectivity index (χ1n) is 6.10. The number of nitrogens with one attached hydrogen (secondary N) is 2. The molecule has 0 saturated carbocycles. The second kappa shape index (κ2) is 5.60. The fraction of sp³-hybridized carbons (Fsp3) is 0.667. The van der Waals surface area contributed by atoms with Crippen LogP contribution >= 0.6 is 11.3 Å². The molecule has 1 aliphatic heterocycles. The molecule has 1 aromatic heterocycles. The maximum atomic E-state index is 12.0. The van der Waals surface area contributed by atoms with Crippen LogP contribution in [0.4, 0.5) is 0 Å². The highest BCUT2D eigenvalue weighted by Gasteiger charge is 2.23. The zero-order valence-electron chi connectivity index (χ0n) is 10.3. The molecule has 17 heavy (non-hydrogen) atoms. The van der Waals surface area contributed by atoms with E-state index in [9.17, 15) is 4.79 Å². The van der Waals surface area contributed by atoms with Crippen molar-refractivity contribution in [2.24, 2.45) is 5.92 Å². The van der Waals surface area contributed by atoms with E-state index in [1.165, 1.54) is 4.88 Å². The summed E-state index contributed by atoms with van der Waals surface area (Å²) in [6.07, 6.45) is 3.73. The van der Waals surface area contributed by atoms with Crippen molar-refractivity contribution in [3.05, 3.63) is 16.1 Å². The van der Waals surface area contributed by atoms with Gasteiger partial charge in [-0.15, -0.1) is 11.3 Å². The summed E-state index contributed by atoms with van der Waals surface area (Å²) in [5.41, 5.74) is 0. The molecule has 1 aliphatic rings. The number of thiazole rings is 1. The Kier molecular flexibility index (Phi) is 4.12. The van der Waals surface area contributed by atoms with Gasteiger partial charge in [-0.25, -0.2) is 4.98 Å². The molecule has 1 fully saturated rings. The Hall–Kier alpha value is -0.940. The Morgan fingerprint density at radius 3 is 2.88 bits per heavy atom. The number of amides is 1. The molecule has 2 N–H and O–H groups in total. The van der Waals surface area contributed by atoms with E-state index in [0.29, 0.717) is 0 Å². The van der Waals surface area contributed by atoms with Crippen LogP contribution in [0.3, 0.4) is 0 Å². The predicted octanol–water partition coefficient (Wildman–Crippen LogP) is 1.63. The summed E-state index contributed by atoms with van der Waals surface area (Å²) >= 11 is 1.65. The number of aryl methyl sites for hydroxylation is 1. The van der Waals surface area contributed by atoms with Crippen molar-refractivity contribution < 1.29 is 4.79 Å². The number of rotatable bonds is 3. The van der Waals surface area contributed by atoms with Crippen molar-refractivity contribution in [1.29, 1.82) is 0 Å². The summed E-state index contributed by atoms with van der Waals surface area (Å²) in [5, 5.41) is 7.32. The van der Waals surface area contributed by atoms with Crippen LogP contribution in [-0.2, 0) is 4.79 Å². The van der Waals surface area contributed by atoms with Gasteiger partial charge in [-0.05, 0) is 39.8 Å². The number of piperidine rings is 1. The van der Waals surface area contributed by atoms with Gasteiger partial charge in [-0.2, -0.15) is 0 Å². The molecule has 4 nitrogen and oxygen atoms in total. The van der Waals surface area contributed by atoms with Crippen LogP contribution in [-0.4, -0.2) is 24.0 Å². The normalized spacial score (nSPS) is 18.9. The van der Waals surface area contributed by atoms with E-state index >= 15 is 0 Å². The van der Waals surface area contributed by atoms with Crippen molar-refractivity contribution in [2.75, 3.05) is 13.1 Å². The van der Waals surface area contributed by atoms with Crippen molar-refractivity contribution in [1.82, 2.24) is 15.6 Å². The third-order valence-electron chi connectivity index (χ3n) is 3.08. The van der Waals surface area contributed by atoms with Crippen LogP contribution in [0.15, 0.2) is 6.20 Å². The highest BCUT2D eigenvalue weighted by molar-refractivity contribution is 7.11. The lowest BCUT2D eigenvalue weighted by atomic mass is 9.97. The van der Waals surface area contributed by atoms with Gasteiger partial charge in [-0.3, -0.25) is 4.79 Å². The Morgan fingerprint density at radius 1 is 1.59 bits per heavy atom. The van der Waals surface area contributed by atoms with Crippen LogP contribution in [0.5, 0.6) is 0 Å². The third-order valence-corrected chi connectivity index (χ3v) is 4.17. The average molecular weight is 253 g/mol. The van der Waals surface area contributed by atoms with Gasteiger partial charge in [0.1, 0.15) is 5.01 Å². The van der Waals surface area contributed by atoms with E-state index in [2.05, 4.69) is 15.6 Å². The molecule has 0 bridgehead atoms. The molecule has 94 valence electrons. The monoisotopic (exact) mass is 253 g/mol. The molecule has 1 unspecified atom stereocenters. The number of aromatic nitrogens is 1. The Morgan fingerprint density at radius 2 is 2.29 bits per heavy atom. The van der Waals surface area contributed by atoms with Gasteiger partial charge in [0, 0.05) is 17.0 Å². The van der Waals surface area contributed by atoms with Crippen molar-refractivity contribution in [2.45, 2.75) is 32.7 Å². The Bertz CT molecular complexity index is 385. The standard InChI is InChI=1S/C12H19N3OS/c1-8-7-14-12(17-8)9(2)15-11(16)10-3-5-13-6-4-10/h7,9-10,13H,3-6H2,1-2H3,(H,15,16). The molecule has 0 radical (unpaired) electrons. The molecular formula is C12H19N3OS. The topological polar surface area (TPSA) is 54.0 Å². The molecule has 1 atom stereocenters. The Labute approximate surface area is 106 Å². The summed E-state index contributed by atoms with van der Waals surface area (Å²) in [6, 6.07) is 0.0242. The molecule has 2 rings (SSSR count). The average Bonchev–Trinajstić information content (AvgIpc) is 2.77. The second-order valence-electron chi connectivity index (χ2n) is 4.56. The number of carbonyl (C=O) groups is 1. The van der Waals surface area contributed by atoms with E-state index in [1.54, 1.807) is 11.3 Å². The fourth-order valence-corrected chi connectivity index (χ4v) is 2.83. The fourth-order valence-electron chi connectivity index (χ4n) is 2.05. The van der Waals surface area contributed by atoms with Gasteiger partial charge in [0.05, 0.1) is 6.04 Å². The zero-order chi connectivity index (χ0) is 12.3. The molecule has 2 heterocycles. The van der Waals surface area contributed by atoms with E-state index < -0.39 is 0 Å². The molecule has 5 heteroatoms. The first kappa shape index (κ1) is 12.5. The highest BCUT2D eigenvalue weighted by atomic mass is 32.1. The second-order valence-corrected chi connectivity index (χ2v) is 5.83. The third kappa shape index (κ3) is 3.26. The first-order valence-corrected chi connectivity index (χ1v) is 6.92. The van der Waals surface area contributed by atoms with Crippen molar-refractivity contribution >= 4 is 17.2 Å². The smallest absolute Gasteiger partial charge is 0.223 e. The van der Waals surface area contributed by atoms with Gasteiger partial charge in [0.15, 0.2) is 0 Å². The molecule has 0 aromatic carbocycles. The van der Waals surface area contributed by atoms with E-state index in [4.69, 9.17) is 0 Å². The van der Waals surface area contributed by atoms with Crippen LogP contribution in [0.2, 0.25) is 0 Å². The largest absolute Gasteiger partial charge is 0.347 e. The molecular weight excluding hydrogens is 234 g/mol. The SMILES string of the molecule is Cc1cnc(C(C)NC(=O)C2CCNCC2)s1. The molecule has 0 spiro atoms. The van der Waals surface area contributed by atoms with Gasteiger partial charge in [0.2, 0.25) is 5.91 Å². The zero-order valence-corrected chi connectivity index (χ0v) is 11.1.